The van der Waals surface area contributed by atoms with Crippen molar-refractivity contribution in [2.45, 2.75) is 26.9 Å². The monoisotopic (exact) mass is 381 g/mol. The highest BCUT2D eigenvalue weighted by Gasteiger charge is 2.22. The van der Waals surface area contributed by atoms with Gasteiger partial charge in [0.25, 0.3) is 5.91 Å². The molecule has 0 aliphatic carbocycles. The molecule has 0 aliphatic rings. The van der Waals surface area contributed by atoms with Crippen LogP contribution >= 0.6 is 0 Å². The lowest BCUT2D eigenvalue weighted by molar-refractivity contribution is -0.123. The minimum atomic E-state index is -1.01. The Morgan fingerprint density at radius 3 is 2.29 bits per heavy atom. The minimum absolute atomic E-state index is 0.0361. The van der Waals surface area contributed by atoms with Crippen LogP contribution in [0.25, 0.3) is 11.3 Å². The number of halogens is 1. The molecule has 0 radical (unpaired) electrons. The summed E-state index contributed by atoms with van der Waals surface area (Å²) in [6.07, 6.45) is -1.01. The van der Waals surface area contributed by atoms with Gasteiger partial charge in [0.05, 0.1) is 0 Å². The molecule has 2 aromatic carbocycles. The molecule has 0 saturated heterocycles. The van der Waals surface area contributed by atoms with Crippen molar-refractivity contribution in [3.8, 4) is 11.3 Å². The van der Waals surface area contributed by atoms with E-state index in [1.54, 1.807) is 18.2 Å². The van der Waals surface area contributed by atoms with Crippen LogP contribution in [0.5, 0.6) is 0 Å². The molecule has 0 bridgehead atoms. The van der Waals surface area contributed by atoms with Gasteiger partial charge in [-0.2, -0.15) is 0 Å². The molecular weight excluding hydrogens is 361 g/mol. The average Bonchev–Trinajstić information content (AvgIpc) is 3.15. The highest BCUT2D eigenvalue weighted by Crippen LogP contribution is 2.23. The number of furan rings is 1. The van der Waals surface area contributed by atoms with E-state index in [1.165, 1.54) is 25.1 Å². The maximum atomic E-state index is 13.0. The van der Waals surface area contributed by atoms with E-state index >= 15 is 0 Å². The number of carbonyl (C=O) groups excluding carboxylic acids is 2. The summed E-state index contributed by atoms with van der Waals surface area (Å²) in [7, 11) is 0. The zero-order chi connectivity index (χ0) is 20.3. The fourth-order valence-corrected chi connectivity index (χ4v) is 2.73. The lowest BCUT2D eigenvalue weighted by Crippen LogP contribution is -2.30. The lowest BCUT2D eigenvalue weighted by atomic mass is 10.1. The van der Waals surface area contributed by atoms with E-state index in [0.29, 0.717) is 17.0 Å². The van der Waals surface area contributed by atoms with Gasteiger partial charge >= 0.3 is 5.97 Å². The Kier molecular flexibility index (Phi) is 5.59. The van der Waals surface area contributed by atoms with Crippen LogP contribution in [0.15, 0.2) is 59.0 Å². The molecule has 1 aromatic heterocycles. The van der Waals surface area contributed by atoms with Crippen LogP contribution < -0.4 is 5.32 Å². The normalized spacial score (nSPS) is 11.7. The third-order valence-corrected chi connectivity index (χ3v) is 4.32. The molecule has 1 heterocycles. The number of rotatable bonds is 5. The summed E-state index contributed by atoms with van der Waals surface area (Å²) >= 11 is 0. The van der Waals surface area contributed by atoms with E-state index in [2.05, 4.69) is 5.32 Å². The van der Waals surface area contributed by atoms with Crippen molar-refractivity contribution in [1.82, 2.24) is 0 Å². The van der Waals surface area contributed by atoms with Gasteiger partial charge in [0, 0.05) is 11.3 Å². The predicted octanol–water partition coefficient (Wildman–Crippen LogP) is 4.89. The molecule has 1 atom stereocenters. The molecular formula is C22H20FNO4. The molecule has 5 nitrogen and oxygen atoms in total. The highest BCUT2D eigenvalue weighted by molar-refractivity contribution is 5.97. The standard InChI is InChI=1S/C22H20FNO4/c1-13-5-4-6-14(2)20(13)24-21(25)15(3)27-22(26)19-12-11-18(28-19)16-7-9-17(23)10-8-16/h4-12,15H,1-3H3,(H,24,25)/t15-/m0/s1. The summed E-state index contributed by atoms with van der Waals surface area (Å²) in [5.74, 6) is -1.18. The van der Waals surface area contributed by atoms with Crippen LogP contribution in [0.4, 0.5) is 10.1 Å². The minimum Gasteiger partial charge on any atom is -0.449 e. The quantitative estimate of drug-likeness (QED) is 0.639. The second-order valence-electron chi connectivity index (χ2n) is 6.47. The highest BCUT2D eigenvalue weighted by atomic mass is 19.1. The summed E-state index contributed by atoms with van der Waals surface area (Å²) in [5, 5.41) is 2.79. The topological polar surface area (TPSA) is 68.5 Å². The first kappa shape index (κ1) is 19.4. The third-order valence-electron chi connectivity index (χ3n) is 4.32. The van der Waals surface area contributed by atoms with E-state index in [1.807, 2.05) is 32.0 Å². The Morgan fingerprint density at radius 2 is 1.64 bits per heavy atom. The molecule has 0 spiro atoms. The fraction of sp³-hybridized carbons (Fsp3) is 0.182. The van der Waals surface area contributed by atoms with Gasteiger partial charge in [-0.25, -0.2) is 9.18 Å². The van der Waals surface area contributed by atoms with E-state index in [9.17, 15) is 14.0 Å². The number of para-hydroxylation sites is 1. The van der Waals surface area contributed by atoms with Crippen molar-refractivity contribution in [1.29, 1.82) is 0 Å². The molecule has 144 valence electrons. The Balaban J connectivity index is 1.65. The molecule has 28 heavy (non-hydrogen) atoms. The molecule has 0 saturated carbocycles. The van der Waals surface area contributed by atoms with E-state index in [-0.39, 0.29) is 11.6 Å². The van der Waals surface area contributed by atoms with E-state index in [4.69, 9.17) is 9.15 Å². The number of amides is 1. The fourth-order valence-electron chi connectivity index (χ4n) is 2.73. The van der Waals surface area contributed by atoms with E-state index in [0.717, 1.165) is 11.1 Å². The molecule has 6 heteroatoms. The van der Waals surface area contributed by atoms with Gasteiger partial charge in [-0.15, -0.1) is 0 Å². The number of carbonyl (C=O) groups is 2. The summed E-state index contributed by atoms with van der Waals surface area (Å²) in [6, 6.07) is 14.4. The van der Waals surface area contributed by atoms with Crippen molar-refractivity contribution < 1.29 is 23.1 Å². The number of hydrogen-bond acceptors (Lipinski definition) is 4. The van der Waals surface area contributed by atoms with Gasteiger partial charge in [0.1, 0.15) is 11.6 Å². The Bertz CT molecular complexity index is 987. The maximum Gasteiger partial charge on any atom is 0.375 e. The van der Waals surface area contributed by atoms with Gasteiger partial charge in [0.15, 0.2) is 6.10 Å². The van der Waals surface area contributed by atoms with Crippen LogP contribution in [0.3, 0.4) is 0 Å². The molecule has 3 rings (SSSR count). The number of nitrogens with one attached hydrogen (secondary N) is 1. The summed E-state index contributed by atoms with van der Waals surface area (Å²) < 4.78 is 23.7. The number of anilines is 1. The van der Waals surface area contributed by atoms with Crippen molar-refractivity contribution in [3.05, 3.63) is 77.3 Å². The first-order valence-corrected chi connectivity index (χ1v) is 8.79. The smallest absolute Gasteiger partial charge is 0.375 e. The zero-order valence-corrected chi connectivity index (χ0v) is 15.8. The van der Waals surface area contributed by atoms with Crippen LogP contribution in [0.1, 0.15) is 28.6 Å². The third kappa shape index (κ3) is 4.28. The van der Waals surface area contributed by atoms with Crippen LogP contribution in [0, 0.1) is 19.7 Å². The molecule has 0 unspecified atom stereocenters. The van der Waals surface area contributed by atoms with Crippen LogP contribution in [0.2, 0.25) is 0 Å². The molecule has 1 amide bonds. The summed E-state index contributed by atoms with van der Waals surface area (Å²) in [6.45, 7) is 5.27. The molecule has 3 aromatic rings. The number of ether oxygens (including phenoxy) is 1. The van der Waals surface area contributed by atoms with Crippen LogP contribution in [-0.2, 0) is 9.53 Å². The Hall–Kier alpha value is -3.41. The van der Waals surface area contributed by atoms with Gasteiger partial charge < -0.3 is 14.5 Å². The number of aryl methyl sites for hydroxylation is 2. The lowest BCUT2D eigenvalue weighted by Gasteiger charge is -2.15. The van der Waals surface area contributed by atoms with Crippen LogP contribution in [-0.4, -0.2) is 18.0 Å². The number of benzene rings is 2. The van der Waals surface area contributed by atoms with Gasteiger partial charge in [-0.1, -0.05) is 18.2 Å². The van der Waals surface area contributed by atoms with Crippen molar-refractivity contribution in [3.63, 3.8) is 0 Å². The number of esters is 1. The first-order chi connectivity index (χ1) is 13.3. The largest absolute Gasteiger partial charge is 0.449 e. The van der Waals surface area contributed by atoms with Gasteiger partial charge in [0.2, 0.25) is 5.76 Å². The van der Waals surface area contributed by atoms with Crippen molar-refractivity contribution >= 4 is 17.6 Å². The zero-order valence-electron chi connectivity index (χ0n) is 15.8. The van der Waals surface area contributed by atoms with Gasteiger partial charge in [-0.05, 0) is 68.3 Å². The summed E-state index contributed by atoms with van der Waals surface area (Å²) in [4.78, 5) is 24.7. The maximum absolute atomic E-state index is 13.0. The number of hydrogen-bond donors (Lipinski definition) is 1. The van der Waals surface area contributed by atoms with Gasteiger partial charge in [-0.3, -0.25) is 4.79 Å². The molecule has 0 aliphatic heterocycles. The Morgan fingerprint density at radius 1 is 1.00 bits per heavy atom. The second kappa shape index (κ2) is 8.08. The summed E-state index contributed by atoms with van der Waals surface area (Å²) in [5.41, 5.74) is 3.16. The molecule has 1 N–H and O–H groups in total. The Labute approximate surface area is 162 Å². The SMILES string of the molecule is Cc1cccc(C)c1NC(=O)[C@H](C)OC(=O)c1ccc(-c2ccc(F)cc2)o1. The average molecular weight is 381 g/mol. The van der Waals surface area contributed by atoms with E-state index < -0.39 is 18.0 Å². The van der Waals surface area contributed by atoms with Crippen molar-refractivity contribution in [2.24, 2.45) is 0 Å². The molecule has 0 fully saturated rings. The predicted molar refractivity (Wildman–Crippen MR) is 104 cm³/mol. The second-order valence-corrected chi connectivity index (χ2v) is 6.47. The van der Waals surface area contributed by atoms with Crippen molar-refractivity contribution in [2.75, 3.05) is 5.32 Å². The first-order valence-electron chi connectivity index (χ1n) is 8.79.